The Kier molecular flexibility index (Phi) is 5.81. The zero-order valence-electron chi connectivity index (χ0n) is 13.2. The van der Waals surface area contributed by atoms with Crippen molar-refractivity contribution in [1.29, 1.82) is 0 Å². The SMILES string of the molecule is O=C(CN1CCN(C(=S)Nc2cc(Cl)cc(Cl)c2)CC1)NC1CC1. The number of halogens is 2. The molecule has 1 saturated heterocycles. The Morgan fingerprint density at radius 2 is 1.75 bits per heavy atom. The molecule has 1 aliphatic heterocycles. The van der Waals surface area contributed by atoms with Crippen molar-refractivity contribution in [3.63, 3.8) is 0 Å². The van der Waals surface area contributed by atoms with E-state index in [1.54, 1.807) is 18.2 Å². The molecule has 8 heteroatoms. The van der Waals surface area contributed by atoms with Crippen molar-refractivity contribution in [2.24, 2.45) is 0 Å². The van der Waals surface area contributed by atoms with Gasteiger partial charge in [-0.15, -0.1) is 0 Å². The number of hydrogen-bond donors (Lipinski definition) is 2. The molecular weight excluding hydrogens is 367 g/mol. The van der Waals surface area contributed by atoms with Crippen LogP contribution in [-0.2, 0) is 4.79 Å². The van der Waals surface area contributed by atoms with E-state index in [9.17, 15) is 4.79 Å². The molecule has 1 amide bonds. The number of hydrogen-bond acceptors (Lipinski definition) is 3. The van der Waals surface area contributed by atoms with E-state index in [1.807, 2.05) is 0 Å². The molecule has 1 aromatic rings. The molecule has 24 heavy (non-hydrogen) atoms. The minimum absolute atomic E-state index is 0.125. The molecule has 0 atom stereocenters. The summed E-state index contributed by atoms with van der Waals surface area (Å²) >= 11 is 17.5. The number of nitrogens with one attached hydrogen (secondary N) is 2. The molecule has 130 valence electrons. The van der Waals surface area contributed by atoms with Crippen molar-refractivity contribution in [2.75, 3.05) is 38.0 Å². The number of rotatable bonds is 4. The molecule has 0 radical (unpaired) electrons. The molecule has 0 aromatic heterocycles. The van der Waals surface area contributed by atoms with E-state index in [0.29, 0.717) is 27.7 Å². The topological polar surface area (TPSA) is 47.6 Å². The average Bonchev–Trinajstić information content (AvgIpc) is 3.30. The zero-order valence-corrected chi connectivity index (χ0v) is 15.6. The summed E-state index contributed by atoms with van der Waals surface area (Å²) in [4.78, 5) is 16.1. The van der Waals surface area contributed by atoms with Crippen LogP contribution in [0.4, 0.5) is 5.69 Å². The molecule has 2 N–H and O–H groups in total. The number of anilines is 1. The molecular formula is C16H20Cl2N4OS. The van der Waals surface area contributed by atoms with Gasteiger partial charge in [-0.3, -0.25) is 9.69 Å². The molecule has 1 saturated carbocycles. The van der Waals surface area contributed by atoms with E-state index in [2.05, 4.69) is 20.4 Å². The maximum atomic E-state index is 11.9. The summed E-state index contributed by atoms with van der Waals surface area (Å²) in [5, 5.41) is 7.98. The molecule has 0 unspecified atom stereocenters. The summed E-state index contributed by atoms with van der Waals surface area (Å²) < 4.78 is 0. The van der Waals surface area contributed by atoms with Gasteiger partial charge in [-0.05, 0) is 43.3 Å². The minimum Gasteiger partial charge on any atom is -0.352 e. The summed E-state index contributed by atoms with van der Waals surface area (Å²) in [5.74, 6) is 0.125. The molecule has 0 spiro atoms. The first-order valence-corrected chi connectivity index (χ1v) is 9.20. The predicted octanol–water partition coefficient (Wildman–Crippen LogP) is 2.59. The highest BCUT2D eigenvalue weighted by Gasteiger charge is 2.25. The normalized spacial score (nSPS) is 18.3. The van der Waals surface area contributed by atoms with E-state index in [-0.39, 0.29) is 5.91 Å². The van der Waals surface area contributed by atoms with Gasteiger partial charge < -0.3 is 15.5 Å². The molecule has 2 fully saturated rings. The Bertz CT molecular complexity index is 610. The number of nitrogens with zero attached hydrogens (tertiary/aromatic N) is 2. The highest BCUT2D eigenvalue weighted by atomic mass is 35.5. The van der Waals surface area contributed by atoms with Crippen LogP contribution in [0.2, 0.25) is 10.0 Å². The van der Waals surface area contributed by atoms with Gasteiger partial charge in [0.2, 0.25) is 5.91 Å². The van der Waals surface area contributed by atoms with Crippen LogP contribution in [0.25, 0.3) is 0 Å². The number of piperazine rings is 1. The Hall–Kier alpha value is -1.08. The first-order chi connectivity index (χ1) is 11.5. The van der Waals surface area contributed by atoms with Gasteiger partial charge in [0.15, 0.2) is 5.11 Å². The average molecular weight is 387 g/mol. The molecule has 1 heterocycles. The van der Waals surface area contributed by atoms with Crippen LogP contribution >= 0.6 is 35.4 Å². The number of carbonyl (C=O) groups is 1. The lowest BCUT2D eigenvalue weighted by Crippen LogP contribution is -2.52. The summed E-state index contributed by atoms with van der Waals surface area (Å²) in [6, 6.07) is 5.68. The van der Waals surface area contributed by atoms with Gasteiger partial charge in [-0.1, -0.05) is 23.2 Å². The predicted molar refractivity (Wildman–Crippen MR) is 102 cm³/mol. The van der Waals surface area contributed by atoms with Gasteiger partial charge in [0.05, 0.1) is 6.54 Å². The van der Waals surface area contributed by atoms with Gasteiger partial charge >= 0.3 is 0 Å². The van der Waals surface area contributed by atoms with Crippen molar-refractivity contribution in [1.82, 2.24) is 15.1 Å². The molecule has 1 aromatic carbocycles. The third-order valence-corrected chi connectivity index (χ3v) is 4.88. The summed E-state index contributed by atoms with van der Waals surface area (Å²) in [6.45, 7) is 3.68. The summed E-state index contributed by atoms with van der Waals surface area (Å²) in [7, 11) is 0. The third-order valence-electron chi connectivity index (χ3n) is 4.08. The minimum atomic E-state index is 0.125. The number of thiocarbonyl (C=S) groups is 1. The highest BCUT2D eigenvalue weighted by Crippen LogP contribution is 2.23. The van der Waals surface area contributed by atoms with Gasteiger partial charge in [0, 0.05) is 48.0 Å². The number of amides is 1. The standard InChI is InChI=1S/C16H20Cl2N4OS/c17-11-7-12(18)9-14(8-11)20-16(24)22-5-3-21(4-6-22)10-15(23)19-13-1-2-13/h7-9,13H,1-6,10H2,(H,19,23)(H,20,24). The van der Waals surface area contributed by atoms with Crippen LogP contribution in [0.15, 0.2) is 18.2 Å². The molecule has 3 rings (SSSR count). The van der Waals surface area contributed by atoms with Gasteiger partial charge in [-0.25, -0.2) is 0 Å². The summed E-state index contributed by atoms with van der Waals surface area (Å²) in [5.41, 5.74) is 0.781. The zero-order chi connectivity index (χ0) is 17.1. The number of benzene rings is 1. The van der Waals surface area contributed by atoms with Gasteiger partial charge in [0.25, 0.3) is 0 Å². The van der Waals surface area contributed by atoms with Crippen LogP contribution in [0.5, 0.6) is 0 Å². The molecule has 0 bridgehead atoms. The van der Waals surface area contributed by atoms with E-state index >= 15 is 0 Å². The van der Waals surface area contributed by atoms with Crippen molar-refractivity contribution < 1.29 is 4.79 Å². The second kappa shape index (κ2) is 7.87. The van der Waals surface area contributed by atoms with Crippen molar-refractivity contribution in [3.8, 4) is 0 Å². The fourth-order valence-corrected chi connectivity index (χ4v) is 3.47. The van der Waals surface area contributed by atoms with Crippen LogP contribution in [-0.4, -0.2) is 59.6 Å². The largest absolute Gasteiger partial charge is 0.352 e. The Balaban J connectivity index is 1.45. The molecule has 1 aliphatic carbocycles. The van der Waals surface area contributed by atoms with Crippen molar-refractivity contribution in [3.05, 3.63) is 28.2 Å². The first kappa shape index (κ1) is 17.7. The van der Waals surface area contributed by atoms with Crippen LogP contribution in [0.3, 0.4) is 0 Å². The second-order valence-electron chi connectivity index (χ2n) is 6.19. The van der Waals surface area contributed by atoms with Crippen LogP contribution in [0.1, 0.15) is 12.8 Å². The lowest BCUT2D eigenvalue weighted by Gasteiger charge is -2.35. The fourth-order valence-electron chi connectivity index (χ4n) is 2.64. The van der Waals surface area contributed by atoms with Gasteiger partial charge in [0.1, 0.15) is 0 Å². The lowest BCUT2D eigenvalue weighted by molar-refractivity contribution is -0.122. The van der Waals surface area contributed by atoms with E-state index in [4.69, 9.17) is 35.4 Å². The molecule has 2 aliphatic rings. The second-order valence-corrected chi connectivity index (χ2v) is 7.45. The Morgan fingerprint density at radius 1 is 1.12 bits per heavy atom. The van der Waals surface area contributed by atoms with Gasteiger partial charge in [-0.2, -0.15) is 0 Å². The van der Waals surface area contributed by atoms with Crippen molar-refractivity contribution in [2.45, 2.75) is 18.9 Å². The van der Waals surface area contributed by atoms with Crippen LogP contribution < -0.4 is 10.6 Å². The van der Waals surface area contributed by atoms with E-state index in [1.165, 1.54) is 0 Å². The first-order valence-electron chi connectivity index (χ1n) is 8.03. The Labute approximate surface area is 157 Å². The lowest BCUT2D eigenvalue weighted by atomic mass is 10.3. The van der Waals surface area contributed by atoms with E-state index < -0.39 is 0 Å². The maximum absolute atomic E-state index is 11.9. The number of carbonyl (C=O) groups excluding carboxylic acids is 1. The highest BCUT2D eigenvalue weighted by molar-refractivity contribution is 7.80. The van der Waals surface area contributed by atoms with E-state index in [0.717, 1.165) is 44.7 Å². The molecule has 5 nitrogen and oxygen atoms in total. The fraction of sp³-hybridized carbons (Fsp3) is 0.500. The monoisotopic (exact) mass is 386 g/mol. The van der Waals surface area contributed by atoms with Crippen molar-refractivity contribution >= 4 is 52.1 Å². The summed E-state index contributed by atoms with van der Waals surface area (Å²) in [6.07, 6.45) is 2.24. The smallest absolute Gasteiger partial charge is 0.234 e. The Morgan fingerprint density at radius 3 is 2.33 bits per heavy atom. The third kappa shape index (κ3) is 5.21. The quantitative estimate of drug-likeness (QED) is 0.778. The van der Waals surface area contributed by atoms with Crippen LogP contribution in [0, 0.1) is 0 Å². The maximum Gasteiger partial charge on any atom is 0.234 e.